The number of nitrogens with zero attached hydrogens (tertiary/aromatic N) is 1. The predicted molar refractivity (Wildman–Crippen MR) is 61.5 cm³/mol. The van der Waals surface area contributed by atoms with Crippen molar-refractivity contribution in [3.8, 4) is 0 Å². The van der Waals surface area contributed by atoms with Crippen molar-refractivity contribution >= 4 is 5.91 Å². The second-order valence-corrected chi connectivity index (χ2v) is 4.62. The van der Waals surface area contributed by atoms with Crippen LogP contribution < -0.4 is 11.1 Å². The van der Waals surface area contributed by atoms with Crippen LogP contribution in [0.15, 0.2) is 0 Å². The lowest BCUT2D eigenvalue weighted by atomic mass is 9.94. The number of carbonyl (C=O) groups excluding carboxylic acids is 1. The molecule has 1 aliphatic rings. The Kier molecular flexibility index (Phi) is 5.05. The van der Waals surface area contributed by atoms with Crippen molar-refractivity contribution in [1.29, 1.82) is 0 Å². The SMILES string of the molecule is C[C@H](N)C(=O)NCCC1CCN(C)CC1. The molecule has 3 N–H and O–H groups in total. The monoisotopic (exact) mass is 213 g/mol. The van der Waals surface area contributed by atoms with Gasteiger partial charge in [-0.15, -0.1) is 0 Å². The molecule has 4 heteroatoms. The Balaban J connectivity index is 2.08. The van der Waals surface area contributed by atoms with Gasteiger partial charge in [-0.25, -0.2) is 0 Å². The topological polar surface area (TPSA) is 58.4 Å². The molecule has 1 aliphatic heterocycles. The number of piperidine rings is 1. The van der Waals surface area contributed by atoms with Crippen LogP contribution in [-0.4, -0.2) is 43.5 Å². The maximum absolute atomic E-state index is 11.2. The zero-order chi connectivity index (χ0) is 11.3. The molecule has 0 bridgehead atoms. The maximum Gasteiger partial charge on any atom is 0.236 e. The zero-order valence-corrected chi connectivity index (χ0v) is 9.83. The minimum Gasteiger partial charge on any atom is -0.355 e. The van der Waals surface area contributed by atoms with E-state index >= 15 is 0 Å². The summed E-state index contributed by atoms with van der Waals surface area (Å²) in [7, 11) is 2.16. The first-order chi connectivity index (χ1) is 7.09. The van der Waals surface area contributed by atoms with E-state index in [0.717, 1.165) is 18.9 Å². The molecular formula is C11H23N3O. The summed E-state index contributed by atoms with van der Waals surface area (Å²) in [5, 5.41) is 2.86. The van der Waals surface area contributed by atoms with Crippen LogP contribution in [0.3, 0.4) is 0 Å². The summed E-state index contributed by atoms with van der Waals surface area (Å²) in [6, 6.07) is -0.387. The Labute approximate surface area is 92.2 Å². The average Bonchev–Trinajstić information content (AvgIpc) is 2.20. The van der Waals surface area contributed by atoms with E-state index < -0.39 is 0 Å². The fourth-order valence-electron chi connectivity index (χ4n) is 1.91. The molecule has 0 saturated carbocycles. The quantitative estimate of drug-likeness (QED) is 0.700. The highest BCUT2D eigenvalue weighted by atomic mass is 16.2. The predicted octanol–water partition coefficient (Wildman–Crippen LogP) is 0.182. The van der Waals surface area contributed by atoms with E-state index in [1.807, 2.05) is 0 Å². The van der Waals surface area contributed by atoms with Gasteiger partial charge < -0.3 is 16.0 Å². The average molecular weight is 213 g/mol. The van der Waals surface area contributed by atoms with Gasteiger partial charge in [0, 0.05) is 6.54 Å². The summed E-state index contributed by atoms with van der Waals surface area (Å²) in [6.07, 6.45) is 3.60. The molecule has 0 unspecified atom stereocenters. The molecule has 0 spiro atoms. The van der Waals surface area contributed by atoms with E-state index in [9.17, 15) is 4.79 Å². The molecule has 1 rings (SSSR count). The van der Waals surface area contributed by atoms with Gasteiger partial charge in [-0.2, -0.15) is 0 Å². The molecule has 1 heterocycles. The van der Waals surface area contributed by atoms with Gasteiger partial charge in [0.2, 0.25) is 5.91 Å². The summed E-state index contributed by atoms with van der Waals surface area (Å²) in [4.78, 5) is 13.6. The van der Waals surface area contributed by atoms with Crippen LogP contribution in [-0.2, 0) is 4.79 Å². The summed E-state index contributed by atoms with van der Waals surface area (Å²) < 4.78 is 0. The zero-order valence-electron chi connectivity index (χ0n) is 9.83. The van der Waals surface area contributed by atoms with Gasteiger partial charge in [-0.3, -0.25) is 4.79 Å². The molecule has 0 aliphatic carbocycles. The smallest absolute Gasteiger partial charge is 0.236 e. The highest BCUT2D eigenvalue weighted by Gasteiger charge is 2.16. The third-order valence-corrected chi connectivity index (χ3v) is 3.10. The Hall–Kier alpha value is -0.610. The van der Waals surface area contributed by atoms with Crippen molar-refractivity contribution in [2.45, 2.75) is 32.2 Å². The molecule has 0 aromatic carbocycles. The van der Waals surface area contributed by atoms with Crippen LogP contribution in [0.5, 0.6) is 0 Å². The Morgan fingerprint density at radius 2 is 2.13 bits per heavy atom. The van der Waals surface area contributed by atoms with Gasteiger partial charge in [0.1, 0.15) is 0 Å². The number of nitrogens with one attached hydrogen (secondary N) is 1. The molecule has 1 saturated heterocycles. The second-order valence-electron chi connectivity index (χ2n) is 4.62. The van der Waals surface area contributed by atoms with Crippen molar-refractivity contribution in [2.75, 3.05) is 26.7 Å². The van der Waals surface area contributed by atoms with E-state index in [0.29, 0.717) is 0 Å². The summed E-state index contributed by atoms with van der Waals surface area (Å²) in [6.45, 7) is 4.86. The Bertz CT molecular complexity index is 198. The number of amides is 1. The number of likely N-dealkylation sites (tertiary alicyclic amines) is 1. The van der Waals surface area contributed by atoms with Gasteiger partial charge in [-0.05, 0) is 52.2 Å². The molecule has 0 aromatic heterocycles. The maximum atomic E-state index is 11.2. The Morgan fingerprint density at radius 3 is 2.67 bits per heavy atom. The first-order valence-corrected chi connectivity index (χ1v) is 5.81. The third kappa shape index (κ3) is 4.62. The van der Waals surface area contributed by atoms with Crippen molar-refractivity contribution < 1.29 is 4.79 Å². The van der Waals surface area contributed by atoms with Crippen LogP contribution in [0.4, 0.5) is 0 Å². The van der Waals surface area contributed by atoms with Crippen molar-refractivity contribution in [3.63, 3.8) is 0 Å². The van der Waals surface area contributed by atoms with Crippen LogP contribution in [0.25, 0.3) is 0 Å². The van der Waals surface area contributed by atoms with Crippen LogP contribution >= 0.6 is 0 Å². The molecule has 1 fully saturated rings. The molecule has 0 radical (unpaired) electrons. The number of hydrogen-bond acceptors (Lipinski definition) is 3. The van der Waals surface area contributed by atoms with Gasteiger partial charge >= 0.3 is 0 Å². The van der Waals surface area contributed by atoms with E-state index in [1.54, 1.807) is 6.92 Å². The highest BCUT2D eigenvalue weighted by molar-refractivity contribution is 5.80. The Morgan fingerprint density at radius 1 is 1.53 bits per heavy atom. The van der Waals surface area contributed by atoms with Crippen LogP contribution in [0.2, 0.25) is 0 Å². The number of nitrogens with two attached hydrogens (primary N) is 1. The first-order valence-electron chi connectivity index (χ1n) is 5.81. The van der Waals surface area contributed by atoms with Crippen molar-refractivity contribution in [3.05, 3.63) is 0 Å². The lowest BCUT2D eigenvalue weighted by molar-refractivity contribution is -0.122. The largest absolute Gasteiger partial charge is 0.355 e. The van der Waals surface area contributed by atoms with E-state index in [2.05, 4.69) is 17.3 Å². The molecule has 4 nitrogen and oxygen atoms in total. The van der Waals surface area contributed by atoms with Crippen molar-refractivity contribution in [1.82, 2.24) is 10.2 Å². The highest BCUT2D eigenvalue weighted by Crippen LogP contribution is 2.18. The van der Waals surface area contributed by atoms with E-state index in [4.69, 9.17) is 5.73 Å². The molecule has 88 valence electrons. The van der Waals surface area contributed by atoms with E-state index in [-0.39, 0.29) is 11.9 Å². The summed E-state index contributed by atoms with van der Waals surface area (Å²) in [5.74, 6) is 0.734. The minimum absolute atomic E-state index is 0.0390. The number of carbonyl (C=O) groups is 1. The lowest BCUT2D eigenvalue weighted by Gasteiger charge is -2.28. The van der Waals surface area contributed by atoms with Crippen molar-refractivity contribution in [2.24, 2.45) is 11.7 Å². The fourth-order valence-corrected chi connectivity index (χ4v) is 1.91. The lowest BCUT2D eigenvalue weighted by Crippen LogP contribution is -2.39. The van der Waals surface area contributed by atoms with Gasteiger partial charge in [-0.1, -0.05) is 0 Å². The van der Waals surface area contributed by atoms with Gasteiger partial charge in [0.25, 0.3) is 0 Å². The molecular weight excluding hydrogens is 190 g/mol. The third-order valence-electron chi connectivity index (χ3n) is 3.10. The summed E-state index contributed by atoms with van der Waals surface area (Å²) in [5.41, 5.74) is 5.45. The standard InChI is InChI=1S/C11H23N3O/c1-9(12)11(15)13-6-3-10-4-7-14(2)8-5-10/h9-10H,3-8,12H2,1-2H3,(H,13,15)/t9-/m0/s1. The van der Waals surface area contributed by atoms with Gasteiger partial charge in [0.05, 0.1) is 6.04 Å². The molecule has 0 aromatic rings. The second kappa shape index (κ2) is 6.08. The molecule has 15 heavy (non-hydrogen) atoms. The fraction of sp³-hybridized carbons (Fsp3) is 0.909. The van der Waals surface area contributed by atoms with Crippen LogP contribution in [0.1, 0.15) is 26.2 Å². The number of hydrogen-bond donors (Lipinski definition) is 2. The number of rotatable bonds is 4. The molecule has 1 atom stereocenters. The van der Waals surface area contributed by atoms with Gasteiger partial charge in [0.15, 0.2) is 0 Å². The van der Waals surface area contributed by atoms with Crippen LogP contribution in [0, 0.1) is 5.92 Å². The minimum atomic E-state index is -0.387. The first kappa shape index (κ1) is 12.5. The normalized spacial score (nSPS) is 21.3. The molecule has 1 amide bonds. The van der Waals surface area contributed by atoms with E-state index in [1.165, 1.54) is 25.9 Å². The summed E-state index contributed by atoms with van der Waals surface area (Å²) >= 11 is 0.